The maximum Gasteiger partial charge on any atom is 0.225 e. The Morgan fingerprint density at radius 2 is 2.35 bits per heavy atom. The lowest BCUT2D eigenvalue weighted by atomic mass is 10.1. The Kier molecular flexibility index (Phi) is 4.77. The number of amides is 2. The lowest BCUT2D eigenvalue weighted by Crippen LogP contribution is -2.38. The number of hydrogen-bond acceptors (Lipinski definition) is 4. The molecule has 0 aromatic carbocycles. The monoisotopic (exact) mass is 295 g/mol. The van der Waals surface area contributed by atoms with Gasteiger partial charge in [0.2, 0.25) is 11.8 Å². The van der Waals surface area contributed by atoms with Crippen molar-refractivity contribution in [2.24, 2.45) is 5.92 Å². The molecule has 1 saturated heterocycles. The molecule has 0 spiro atoms. The van der Waals surface area contributed by atoms with Gasteiger partial charge in [0, 0.05) is 31.4 Å². The second-order valence-corrected chi connectivity index (χ2v) is 6.39. The fourth-order valence-corrected chi connectivity index (χ4v) is 3.32. The average Bonchev–Trinajstić information content (AvgIpc) is 3.00. The van der Waals surface area contributed by atoms with Crippen LogP contribution in [0.2, 0.25) is 0 Å². The van der Waals surface area contributed by atoms with E-state index in [0.717, 1.165) is 0 Å². The third kappa shape index (κ3) is 3.37. The Hall–Kier alpha value is -1.40. The summed E-state index contributed by atoms with van der Waals surface area (Å²) in [6, 6.07) is 4.27. The van der Waals surface area contributed by atoms with E-state index in [1.54, 1.807) is 23.3 Å². The summed E-state index contributed by atoms with van der Waals surface area (Å²) in [5.74, 6) is -0.183. The number of hydrogen-bond donors (Lipinski definition) is 1. The van der Waals surface area contributed by atoms with E-state index >= 15 is 0 Å². The predicted octanol–water partition coefficient (Wildman–Crippen LogP) is 0.945. The molecule has 0 bridgehead atoms. The van der Waals surface area contributed by atoms with E-state index in [4.69, 9.17) is 0 Å². The van der Waals surface area contributed by atoms with Crippen LogP contribution < -0.4 is 5.32 Å². The van der Waals surface area contributed by atoms with E-state index in [0.29, 0.717) is 19.5 Å². The Morgan fingerprint density at radius 3 is 2.85 bits per heavy atom. The van der Waals surface area contributed by atoms with Crippen LogP contribution in [0.25, 0.3) is 0 Å². The van der Waals surface area contributed by atoms with Crippen molar-refractivity contribution >= 4 is 23.2 Å². The molecule has 0 radical (unpaired) electrons. The molecular weight excluding hydrogens is 274 g/mol. The molecule has 5 nitrogen and oxygen atoms in total. The number of thiophene rings is 1. The van der Waals surface area contributed by atoms with Crippen LogP contribution >= 0.6 is 11.3 Å². The highest BCUT2D eigenvalue weighted by Gasteiger charge is 2.32. The standard InChI is InChI=1S/C14H21N3O2S/c1-16(2)11(12-5-4-6-20-12)8-15-14(19)10-7-13(18)17(3)9-10/h4-6,10-11H,7-9H2,1-3H3,(H,15,19). The molecule has 2 unspecified atom stereocenters. The highest BCUT2D eigenvalue weighted by molar-refractivity contribution is 7.10. The minimum Gasteiger partial charge on any atom is -0.354 e. The maximum atomic E-state index is 12.1. The van der Waals surface area contributed by atoms with Gasteiger partial charge >= 0.3 is 0 Å². The molecular formula is C14H21N3O2S. The normalized spacial score (nSPS) is 20.5. The van der Waals surface area contributed by atoms with Gasteiger partial charge in [-0.25, -0.2) is 0 Å². The Balaban J connectivity index is 1.90. The van der Waals surface area contributed by atoms with E-state index in [-0.39, 0.29) is 23.8 Å². The Bertz CT molecular complexity index is 473. The van der Waals surface area contributed by atoms with Crippen LogP contribution in [0.15, 0.2) is 17.5 Å². The summed E-state index contributed by atoms with van der Waals surface area (Å²) in [6.45, 7) is 1.09. The minimum absolute atomic E-state index is 0.0221. The molecule has 0 aliphatic carbocycles. The van der Waals surface area contributed by atoms with Crippen molar-refractivity contribution in [1.29, 1.82) is 0 Å². The van der Waals surface area contributed by atoms with E-state index in [9.17, 15) is 9.59 Å². The molecule has 2 amide bonds. The van der Waals surface area contributed by atoms with E-state index in [1.165, 1.54) is 4.88 Å². The van der Waals surface area contributed by atoms with Gasteiger partial charge in [0.1, 0.15) is 0 Å². The first-order chi connectivity index (χ1) is 9.49. The summed E-state index contributed by atoms with van der Waals surface area (Å²) in [6.07, 6.45) is 0.327. The van der Waals surface area contributed by atoms with Crippen LogP contribution in [0, 0.1) is 5.92 Å². The van der Waals surface area contributed by atoms with Crippen LogP contribution in [0.3, 0.4) is 0 Å². The molecule has 0 saturated carbocycles. The number of nitrogens with zero attached hydrogens (tertiary/aromatic N) is 2. The predicted molar refractivity (Wildman–Crippen MR) is 79.5 cm³/mol. The molecule has 2 heterocycles. The molecule has 20 heavy (non-hydrogen) atoms. The van der Waals surface area contributed by atoms with E-state index in [1.807, 2.05) is 25.5 Å². The molecule has 6 heteroatoms. The summed E-state index contributed by atoms with van der Waals surface area (Å²) < 4.78 is 0. The summed E-state index contributed by atoms with van der Waals surface area (Å²) in [4.78, 5) is 28.5. The van der Waals surface area contributed by atoms with Crippen molar-refractivity contribution in [1.82, 2.24) is 15.1 Å². The fourth-order valence-electron chi connectivity index (χ4n) is 2.40. The zero-order valence-electron chi connectivity index (χ0n) is 12.1. The van der Waals surface area contributed by atoms with Gasteiger partial charge in [-0.05, 0) is 25.5 Å². The topological polar surface area (TPSA) is 52.7 Å². The van der Waals surface area contributed by atoms with Crippen molar-refractivity contribution in [3.8, 4) is 0 Å². The molecule has 1 aromatic heterocycles. The smallest absolute Gasteiger partial charge is 0.225 e. The van der Waals surface area contributed by atoms with Crippen molar-refractivity contribution in [2.45, 2.75) is 12.5 Å². The van der Waals surface area contributed by atoms with Crippen LogP contribution in [0.4, 0.5) is 0 Å². The second kappa shape index (κ2) is 6.37. The molecule has 2 rings (SSSR count). The Morgan fingerprint density at radius 1 is 1.60 bits per heavy atom. The quantitative estimate of drug-likeness (QED) is 0.880. The van der Waals surface area contributed by atoms with Gasteiger partial charge < -0.3 is 15.1 Å². The van der Waals surface area contributed by atoms with Crippen LogP contribution in [0.1, 0.15) is 17.3 Å². The van der Waals surface area contributed by atoms with Crippen molar-refractivity contribution < 1.29 is 9.59 Å². The average molecular weight is 295 g/mol. The number of nitrogens with one attached hydrogen (secondary N) is 1. The largest absolute Gasteiger partial charge is 0.354 e. The van der Waals surface area contributed by atoms with Gasteiger partial charge in [0.05, 0.1) is 12.0 Å². The summed E-state index contributed by atoms with van der Waals surface area (Å²) in [5, 5.41) is 5.02. The lowest BCUT2D eigenvalue weighted by molar-refractivity contribution is -0.128. The third-order valence-corrected chi connectivity index (χ3v) is 4.65. The van der Waals surface area contributed by atoms with E-state index in [2.05, 4.69) is 16.3 Å². The number of likely N-dealkylation sites (N-methyl/N-ethyl adjacent to an activating group) is 1. The van der Waals surface area contributed by atoms with Gasteiger partial charge in [-0.2, -0.15) is 0 Å². The molecule has 1 aliphatic heterocycles. The number of rotatable bonds is 5. The van der Waals surface area contributed by atoms with Crippen LogP contribution in [0.5, 0.6) is 0 Å². The summed E-state index contributed by atoms with van der Waals surface area (Å²) in [5.41, 5.74) is 0. The summed E-state index contributed by atoms with van der Waals surface area (Å²) in [7, 11) is 5.75. The first kappa shape index (κ1) is 15.0. The van der Waals surface area contributed by atoms with Gasteiger partial charge in [-0.3, -0.25) is 9.59 Å². The SMILES string of the molecule is CN1CC(C(=O)NCC(c2cccs2)N(C)C)CC1=O. The first-order valence-corrected chi connectivity index (χ1v) is 7.58. The van der Waals surface area contributed by atoms with E-state index < -0.39 is 0 Å². The highest BCUT2D eigenvalue weighted by atomic mass is 32.1. The molecule has 1 aromatic rings. The highest BCUT2D eigenvalue weighted by Crippen LogP contribution is 2.23. The third-order valence-electron chi connectivity index (χ3n) is 3.68. The number of likely N-dealkylation sites (tertiary alicyclic amines) is 1. The van der Waals surface area contributed by atoms with Crippen LogP contribution in [-0.2, 0) is 9.59 Å². The van der Waals surface area contributed by atoms with Gasteiger partial charge in [0.25, 0.3) is 0 Å². The van der Waals surface area contributed by atoms with Crippen molar-refractivity contribution in [3.63, 3.8) is 0 Å². The van der Waals surface area contributed by atoms with Gasteiger partial charge in [-0.1, -0.05) is 6.07 Å². The number of carbonyl (C=O) groups is 2. The molecule has 2 atom stereocenters. The second-order valence-electron chi connectivity index (χ2n) is 5.42. The first-order valence-electron chi connectivity index (χ1n) is 6.70. The fraction of sp³-hybridized carbons (Fsp3) is 0.571. The molecule has 1 fully saturated rings. The lowest BCUT2D eigenvalue weighted by Gasteiger charge is -2.24. The van der Waals surface area contributed by atoms with Crippen molar-refractivity contribution in [3.05, 3.63) is 22.4 Å². The zero-order chi connectivity index (χ0) is 14.7. The molecule has 1 N–H and O–H groups in total. The van der Waals surface area contributed by atoms with Gasteiger partial charge in [-0.15, -0.1) is 11.3 Å². The Labute approximate surface area is 123 Å². The minimum atomic E-state index is -0.210. The van der Waals surface area contributed by atoms with Crippen molar-refractivity contribution in [2.75, 3.05) is 34.2 Å². The summed E-state index contributed by atoms with van der Waals surface area (Å²) >= 11 is 1.69. The number of carbonyl (C=O) groups excluding carboxylic acids is 2. The van der Waals surface area contributed by atoms with Crippen LogP contribution in [-0.4, -0.2) is 55.8 Å². The van der Waals surface area contributed by atoms with Gasteiger partial charge in [0.15, 0.2) is 0 Å². The molecule has 1 aliphatic rings. The molecule has 110 valence electrons. The zero-order valence-corrected chi connectivity index (χ0v) is 12.9. The maximum absolute atomic E-state index is 12.1.